The molecule has 6 heteroatoms. The molecular weight excluding hydrogens is 332 g/mol. The summed E-state index contributed by atoms with van der Waals surface area (Å²) in [5, 5.41) is 9.11. The van der Waals surface area contributed by atoms with Gasteiger partial charge in [-0.05, 0) is 35.1 Å². The maximum atomic E-state index is 11.1. The van der Waals surface area contributed by atoms with Crippen LogP contribution in [0.1, 0.15) is 17.2 Å². The first-order valence-electron chi connectivity index (χ1n) is 8.97. The van der Waals surface area contributed by atoms with Gasteiger partial charge in [0.15, 0.2) is 11.9 Å². The van der Waals surface area contributed by atoms with E-state index in [0.29, 0.717) is 30.1 Å². The molecule has 1 saturated carbocycles. The van der Waals surface area contributed by atoms with Gasteiger partial charge in [0, 0.05) is 25.8 Å². The smallest absolute Gasteiger partial charge is 0.307 e. The van der Waals surface area contributed by atoms with Crippen molar-refractivity contribution in [3.05, 3.63) is 53.7 Å². The molecule has 0 radical (unpaired) electrons. The number of benzene rings is 1. The summed E-state index contributed by atoms with van der Waals surface area (Å²) in [6, 6.07) is 12.1. The van der Waals surface area contributed by atoms with Gasteiger partial charge < -0.3 is 14.6 Å². The van der Waals surface area contributed by atoms with Crippen LogP contribution in [0, 0.1) is 17.8 Å². The average molecular weight is 352 g/mol. The van der Waals surface area contributed by atoms with Crippen LogP contribution >= 0.6 is 0 Å². The van der Waals surface area contributed by atoms with Crippen LogP contribution in [-0.4, -0.2) is 40.7 Å². The Morgan fingerprint density at radius 2 is 1.96 bits per heavy atom. The summed E-state index contributed by atoms with van der Waals surface area (Å²) >= 11 is 0. The molecule has 6 nitrogen and oxygen atoms in total. The maximum absolute atomic E-state index is 11.1. The molecular formula is C20H20N2O4. The third-order valence-electron chi connectivity index (χ3n) is 5.69. The molecule has 5 rings (SSSR count). The maximum Gasteiger partial charge on any atom is 0.307 e. The number of carboxylic acid groups (broad SMARTS) is 1. The van der Waals surface area contributed by atoms with Crippen molar-refractivity contribution < 1.29 is 19.4 Å². The number of piperidine rings is 1. The van der Waals surface area contributed by atoms with E-state index in [1.807, 2.05) is 12.1 Å². The Morgan fingerprint density at radius 1 is 1.19 bits per heavy atom. The van der Waals surface area contributed by atoms with Gasteiger partial charge in [0.05, 0.1) is 5.92 Å². The number of pyridine rings is 1. The van der Waals surface area contributed by atoms with Gasteiger partial charge in [-0.25, -0.2) is 4.98 Å². The van der Waals surface area contributed by atoms with Gasteiger partial charge in [-0.3, -0.25) is 9.69 Å². The van der Waals surface area contributed by atoms with Crippen LogP contribution in [0.15, 0.2) is 42.6 Å². The zero-order chi connectivity index (χ0) is 17.7. The highest BCUT2D eigenvalue weighted by Gasteiger charge is 2.59. The fourth-order valence-corrected chi connectivity index (χ4v) is 4.28. The Balaban J connectivity index is 1.20. The summed E-state index contributed by atoms with van der Waals surface area (Å²) in [5.74, 6) is 1.20. The topological polar surface area (TPSA) is 71.9 Å². The van der Waals surface area contributed by atoms with Gasteiger partial charge in [0.25, 0.3) is 5.88 Å². The minimum absolute atomic E-state index is 0.103. The summed E-state index contributed by atoms with van der Waals surface area (Å²) in [5.41, 5.74) is 2.30. The van der Waals surface area contributed by atoms with E-state index in [2.05, 4.69) is 34.1 Å². The number of aliphatic carboxylic acids is 1. The molecule has 1 aromatic heterocycles. The number of hydrogen-bond donors (Lipinski definition) is 1. The normalized spacial score (nSPS) is 29.2. The van der Waals surface area contributed by atoms with Crippen molar-refractivity contribution in [2.45, 2.75) is 12.6 Å². The summed E-state index contributed by atoms with van der Waals surface area (Å²) in [4.78, 5) is 17.6. The van der Waals surface area contributed by atoms with Crippen molar-refractivity contribution in [1.29, 1.82) is 0 Å². The second-order valence-corrected chi connectivity index (χ2v) is 7.35. The summed E-state index contributed by atoms with van der Waals surface area (Å²) < 4.78 is 11.7. The lowest BCUT2D eigenvalue weighted by atomic mass is 10.1. The second kappa shape index (κ2) is 5.99. The number of ether oxygens (including phenoxy) is 2. The molecule has 0 bridgehead atoms. The molecule has 3 unspecified atom stereocenters. The van der Waals surface area contributed by atoms with E-state index in [4.69, 9.17) is 14.6 Å². The van der Waals surface area contributed by atoms with Crippen molar-refractivity contribution in [2.75, 3.05) is 19.7 Å². The molecule has 0 amide bonds. The molecule has 3 aliphatic rings. The Kier molecular flexibility index (Phi) is 3.60. The lowest BCUT2D eigenvalue weighted by Crippen LogP contribution is -2.26. The van der Waals surface area contributed by atoms with Gasteiger partial charge in [0.1, 0.15) is 6.61 Å². The van der Waals surface area contributed by atoms with Gasteiger partial charge in [-0.2, -0.15) is 0 Å². The molecule has 2 aromatic rings. The first-order valence-corrected chi connectivity index (χ1v) is 8.97. The van der Waals surface area contributed by atoms with Crippen LogP contribution < -0.4 is 9.47 Å². The van der Waals surface area contributed by atoms with E-state index < -0.39 is 5.97 Å². The Morgan fingerprint density at radius 3 is 2.69 bits per heavy atom. The molecule has 1 aliphatic carbocycles. The number of likely N-dealkylation sites (tertiary alicyclic amines) is 1. The van der Waals surface area contributed by atoms with Crippen LogP contribution in [0.3, 0.4) is 0 Å². The zero-order valence-corrected chi connectivity index (χ0v) is 14.2. The summed E-state index contributed by atoms with van der Waals surface area (Å²) in [6.45, 7) is 3.13. The lowest BCUT2D eigenvalue weighted by molar-refractivity contribution is -0.139. The van der Waals surface area contributed by atoms with E-state index in [0.717, 1.165) is 25.2 Å². The molecule has 3 heterocycles. The number of aromatic nitrogens is 1. The SMILES string of the molecule is O=C(O)C1C2CN(Cc3ccc(C4COc5cccnc5O4)cc3)CC21. The average Bonchev–Trinajstić information content (AvgIpc) is 3.19. The largest absolute Gasteiger partial charge is 0.484 e. The Labute approximate surface area is 151 Å². The molecule has 2 fully saturated rings. The number of nitrogens with zero attached hydrogens (tertiary/aromatic N) is 2. The molecule has 1 saturated heterocycles. The highest BCUT2D eigenvalue weighted by molar-refractivity contribution is 5.74. The number of hydrogen-bond acceptors (Lipinski definition) is 5. The first-order chi connectivity index (χ1) is 12.7. The van der Waals surface area contributed by atoms with Gasteiger partial charge in [-0.15, -0.1) is 0 Å². The van der Waals surface area contributed by atoms with Crippen LogP contribution in [0.5, 0.6) is 11.6 Å². The third kappa shape index (κ3) is 2.70. The van der Waals surface area contributed by atoms with Crippen molar-refractivity contribution in [1.82, 2.24) is 9.88 Å². The fourth-order valence-electron chi connectivity index (χ4n) is 4.28. The van der Waals surface area contributed by atoms with Crippen molar-refractivity contribution in [2.24, 2.45) is 17.8 Å². The van der Waals surface area contributed by atoms with Crippen molar-refractivity contribution in [3.63, 3.8) is 0 Å². The molecule has 1 aromatic carbocycles. The summed E-state index contributed by atoms with van der Waals surface area (Å²) in [6.07, 6.45) is 1.55. The Hall–Kier alpha value is -2.60. The molecule has 3 atom stereocenters. The standard InChI is InChI=1S/C20H20N2O4/c23-20(24)18-14-9-22(10-15(14)18)8-12-3-5-13(6-4-12)17-11-25-16-2-1-7-21-19(16)26-17/h1-7,14-15,17-18H,8-11H2,(H,23,24). The van der Waals surface area contributed by atoms with Gasteiger partial charge in [-0.1, -0.05) is 24.3 Å². The number of carboxylic acids is 1. The van der Waals surface area contributed by atoms with Gasteiger partial charge in [0.2, 0.25) is 0 Å². The predicted octanol–water partition coefficient (Wildman–Crippen LogP) is 2.36. The first kappa shape index (κ1) is 15.6. The highest BCUT2D eigenvalue weighted by Crippen LogP contribution is 2.52. The quantitative estimate of drug-likeness (QED) is 0.911. The van der Waals surface area contributed by atoms with Crippen molar-refractivity contribution in [3.8, 4) is 11.6 Å². The zero-order valence-electron chi connectivity index (χ0n) is 14.2. The number of carbonyl (C=O) groups is 1. The molecule has 2 aliphatic heterocycles. The van der Waals surface area contributed by atoms with E-state index in [1.54, 1.807) is 6.20 Å². The molecule has 0 spiro atoms. The molecule has 134 valence electrons. The van der Waals surface area contributed by atoms with Crippen LogP contribution in [0.4, 0.5) is 0 Å². The predicted molar refractivity (Wildman–Crippen MR) is 92.9 cm³/mol. The monoisotopic (exact) mass is 352 g/mol. The number of rotatable bonds is 4. The van der Waals surface area contributed by atoms with Crippen molar-refractivity contribution >= 4 is 5.97 Å². The van der Waals surface area contributed by atoms with E-state index in [1.165, 1.54) is 5.56 Å². The van der Waals surface area contributed by atoms with Crippen LogP contribution in [0.25, 0.3) is 0 Å². The summed E-state index contributed by atoms with van der Waals surface area (Å²) in [7, 11) is 0. The van der Waals surface area contributed by atoms with E-state index in [9.17, 15) is 4.79 Å². The minimum atomic E-state index is -0.630. The number of fused-ring (bicyclic) bond motifs is 2. The Bertz CT molecular complexity index is 826. The molecule has 26 heavy (non-hydrogen) atoms. The van der Waals surface area contributed by atoms with Crippen LogP contribution in [-0.2, 0) is 11.3 Å². The van der Waals surface area contributed by atoms with E-state index in [-0.39, 0.29) is 12.0 Å². The minimum Gasteiger partial charge on any atom is -0.484 e. The highest BCUT2D eigenvalue weighted by atomic mass is 16.6. The lowest BCUT2D eigenvalue weighted by Gasteiger charge is -2.26. The molecule has 1 N–H and O–H groups in total. The van der Waals surface area contributed by atoms with E-state index >= 15 is 0 Å². The second-order valence-electron chi connectivity index (χ2n) is 7.35. The van der Waals surface area contributed by atoms with Crippen LogP contribution in [0.2, 0.25) is 0 Å². The third-order valence-corrected chi connectivity index (χ3v) is 5.69. The fraction of sp³-hybridized carbons (Fsp3) is 0.400. The van der Waals surface area contributed by atoms with Gasteiger partial charge >= 0.3 is 5.97 Å².